The minimum atomic E-state index is -3.07. The number of ether oxygens (including phenoxy) is 3. The first kappa shape index (κ1) is 25.1. The van der Waals surface area contributed by atoms with Gasteiger partial charge in [-0.1, -0.05) is 23.3 Å². The lowest BCUT2D eigenvalue weighted by atomic mass is 9.91. The molecule has 34 heavy (non-hydrogen) atoms. The van der Waals surface area contributed by atoms with Gasteiger partial charge in [-0.3, -0.25) is 0 Å². The Morgan fingerprint density at radius 1 is 0.971 bits per heavy atom. The summed E-state index contributed by atoms with van der Waals surface area (Å²) in [6, 6.07) is 6.71. The van der Waals surface area contributed by atoms with Crippen LogP contribution in [0.2, 0.25) is 0 Å². The van der Waals surface area contributed by atoms with E-state index in [1.807, 2.05) is 39.8 Å². The molecule has 0 atom stereocenters. The van der Waals surface area contributed by atoms with E-state index in [4.69, 9.17) is 14.2 Å². The van der Waals surface area contributed by atoms with E-state index in [9.17, 15) is 19.0 Å². The van der Waals surface area contributed by atoms with Gasteiger partial charge in [0, 0.05) is 28.7 Å². The molecule has 0 bridgehead atoms. The van der Waals surface area contributed by atoms with Crippen LogP contribution in [0.25, 0.3) is 5.76 Å². The molecular weight excluding hydrogens is 442 g/mol. The number of phenols is 2. The van der Waals surface area contributed by atoms with Crippen LogP contribution in [0.3, 0.4) is 0 Å². The summed E-state index contributed by atoms with van der Waals surface area (Å²) in [4.78, 5) is 0. The van der Waals surface area contributed by atoms with Gasteiger partial charge in [0.15, 0.2) is 11.5 Å². The predicted octanol–water partition coefficient (Wildman–Crippen LogP) is 6.67. The minimum absolute atomic E-state index is 0.0708. The second-order valence-electron chi connectivity index (χ2n) is 8.57. The van der Waals surface area contributed by atoms with Crippen LogP contribution in [-0.2, 0) is 24.0 Å². The van der Waals surface area contributed by atoms with Gasteiger partial charge in [-0.25, -0.2) is 0 Å². The Bertz CT molecular complexity index is 1140. The van der Waals surface area contributed by atoms with Crippen LogP contribution in [0.15, 0.2) is 53.3 Å². The Morgan fingerprint density at radius 2 is 1.56 bits per heavy atom. The van der Waals surface area contributed by atoms with Crippen molar-refractivity contribution in [1.29, 1.82) is 0 Å². The summed E-state index contributed by atoms with van der Waals surface area (Å²) in [5.41, 5.74) is 3.67. The van der Waals surface area contributed by atoms with E-state index in [1.54, 1.807) is 24.3 Å². The zero-order chi connectivity index (χ0) is 25.0. The molecule has 0 saturated heterocycles. The molecule has 0 spiro atoms. The third kappa shape index (κ3) is 5.53. The number of halogens is 2. The molecule has 0 fully saturated rings. The van der Waals surface area contributed by atoms with E-state index in [2.05, 4.69) is 0 Å². The predicted molar refractivity (Wildman–Crippen MR) is 127 cm³/mol. The van der Waals surface area contributed by atoms with Gasteiger partial charge in [0.05, 0.1) is 7.11 Å². The number of alkyl halides is 2. The molecular formula is C27H30F2O5. The van der Waals surface area contributed by atoms with Crippen LogP contribution in [-0.4, -0.2) is 23.9 Å². The molecule has 2 N–H and O–H groups in total. The lowest BCUT2D eigenvalue weighted by Crippen LogP contribution is -2.16. The van der Waals surface area contributed by atoms with Gasteiger partial charge in [-0.05, 0) is 64.8 Å². The van der Waals surface area contributed by atoms with Crippen LogP contribution in [0.4, 0.5) is 8.78 Å². The lowest BCUT2D eigenvalue weighted by molar-refractivity contribution is -0.0985. The average molecular weight is 473 g/mol. The number of allylic oxidation sites excluding steroid dienone is 5. The fraction of sp³-hybridized carbons (Fsp3) is 0.333. The van der Waals surface area contributed by atoms with E-state index in [1.165, 1.54) is 7.11 Å². The normalized spacial score (nSPS) is 12.7. The molecule has 0 saturated carbocycles. The lowest BCUT2D eigenvalue weighted by Gasteiger charge is -2.28. The molecule has 0 unspecified atom stereocenters. The second kappa shape index (κ2) is 10.6. The number of hydrogen-bond donors (Lipinski definition) is 2. The van der Waals surface area contributed by atoms with Crippen molar-refractivity contribution in [2.45, 2.75) is 53.6 Å². The van der Waals surface area contributed by atoms with E-state index in [0.717, 1.165) is 11.1 Å². The maximum Gasteiger partial charge on any atom is 0.387 e. The summed E-state index contributed by atoms with van der Waals surface area (Å²) in [5.74, 6) is 0.592. The Labute approximate surface area is 198 Å². The Balaban J connectivity index is 2.21. The quantitative estimate of drug-likeness (QED) is 0.420. The molecule has 0 aromatic heterocycles. The highest BCUT2D eigenvalue weighted by molar-refractivity contribution is 5.73. The number of methoxy groups -OCH3 is 1. The highest BCUT2D eigenvalue weighted by atomic mass is 19.3. The highest BCUT2D eigenvalue weighted by Crippen LogP contribution is 2.49. The molecule has 182 valence electrons. The number of hydrogen-bond acceptors (Lipinski definition) is 5. The van der Waals surface area contributed by atoms with Crippen molar-refractivity contribution < 1.29 is 33.2 Å². The molecule has 0 radical (unpaired) electrons. The second-order valence-corrected chi connectivity index (χ2v) is 8.57. The largest absolute Gasteiger partial charge is 0.507 e. The van der Waals surface area contributed by atoms with E-state index >= 15 is 0 Å². The summed E-state index contributed by atoms with van der Waals surface area (Å²) in [7, 11) is 1.53. The summed E-state index contributed by atoms with van der Waals surface area (Å²) in [5, 5.41) is 22.1. The van der Waals surface area contributed by atoms with Crippen molar-refractivity contribution in [3.05, 3.63) is 75.6 Å². The van der Waals surface area contributed by atoms with Crippen LogP contribution in [0.5, 0.6) is 23.0 Å². The molecule has 1 heterocycles. The maximum absolute atomic E-state index is 13.3. The summed E-state index contributed by atoms with van der Waals surface area (Å²) < 4.78 is 42.7. The summed E-state index contributed by atoms with van der Waals surface area (Å²) in [6.45, 7) is 4.64. The topological polar surface area (TPSA) is 68.2 Å². The van der Waals surface area contributed by atoms with E-state index in [0.29, 0.717) is 34.4 Å². The van der Waals surface area contributed by atoms with Gasteiger partial charge in [0.1, 0.15) is 23.0 Å². The first-order valence-corrected chi connectivity index (χ1v) is 11.0. The number of phenolic OH excluding ortho intramolecular Hbond substituents is 2. The van der Waals surface area contributed by atoms with Crippen molar-refractivity contribution in [3.8, 4) is 23.0 Å². The maximum atomic E-state index is 13.3. The van der Waals surface area contributed by atoms with Gasteiger partial charge in [-0.15, -0.1) is 0 Å². The number of fused-ring (bicyclic) bond motifs is 1. The minimum Gasteiger partial charge on any atom is -0.507 e. The zero-order valence-electron chi connectivity index (χ0n) is 20.0. The van der Waals surface area contributed by atoms with Crippen LogP contribution in [0, 0.1) is 0 Å². The third-order valence-corrected chi connectivity index (χ3v) is 5.50. The molecule has 2 aromatic rings. The standard InChI is InChI=1S/C27H30F2O5/c1-15(2)6-12-19-23(30)20(13-7-16(3)4)26-21(24(19)31)14-22(33-27(28)29)25(34-26)17-8-10-18(32-5)11-9-17/h6-11,27,30-31H,12-14H2,1-5H3. The van der Waals surface area contributed by atoms with Crippen molar-refractivity contribution in [2.24, 2.45) is 0 Å². The monoisotopic (exact) mass is 472 g/mol. The summed E-state index contributed by atoms with van der Waals surface area (Å²) in [6.07, 6.45) is 4.33. The Hall–Kier alpha value is -3.48. The van der Waals surface area contributed by atoms with Gasteiger partial charge >= 0.3 is 6.61 Å². The van der Waals surface area contributed by atoms with Crippen molar-refractivity contribution >= 4 is 5.76 Å². The zero-order valence-corrected chi connectivity index (χ0v) is 20.0. The SMILES string of the molecule is COc1ccc(C2=C(OC(F)F)Cc3c(O)c(CC=C(C)C)c(O)c(CC=C(C)C)c3O2)cc1. The van der Waals surface area contributed by atoms with E-state index in [-0.39, 0.29) is 41.6 Å². The molecule has 1 aliphatic heterocycles. The van der Waals surface area contributed by atoms with Crippen molar-refractivity contribution in [3.63, 3.8) is 0 Å². The molecule has 5 nitrogen and oxygen atoms in total. The Morgan fingerprint density at radius 3 is 2.09 bits per heavy atom. The molecule has 7 heteroatoms. The van der Waals surface area contributed by atoms with Gasteiger partial charge in [0.25, 0.3) is 0 Å². The molecule has 0 amide bonds. The molecule has 3 rings (SSSR count). The van der Waals surface area contributed by atoms with Gasteiger partial charge in [0.2, 0.25) is 0 Å². The van der Waals surface area contributed by atoms with Crippen molar-refractivity contribution in [1.82, 2.24) is 0 Å². The van der Waals surface area contributed by atoms with Crippen LogP contribution >= 0.6 is 0 Å². The number of rotatable bonds is 8. The molecule has 1 aliphatic rings. The van der Waals surface area contributed by atoms with E-state index < -0.39 is 6.61 Å². The fourth-order valence-electron chi connectivity index (χ4n) is 3.72. The molecule has 0 aliphatic carbocycles. The fourth-order valence-corrected chi connectivity index (χ4v) is 3.72. The third-order valence-electron chi connectivity index (χ3n) is 5.50. The van der Waals surface area contributed by atoms with Gasteiger partial charge in [-0.2, -0.15) is 8.78 Å². The van der Waals surface area contributed by atoms with Crippen molar-refractivity contribution in [2.75, 3.05) is 7.11 Å². The number of aromatic hydroxyl groups is 2. The smallest absolute Gasteiger partial charge is 0.387 e. The first-order chi connectivity index (χ1) is 16.1. The first-order valence-electron chi connectivity index (χ1n) is 11.0. The van der Waals surface area contributed by atoms with Crippen LogP contribution < -0.4 is 9.47 Å². The van der Waals surface area contributed by atoms with Crippen LogP contribution in [0.1, 0.15) is 49.9 Å². The Kier molecular flexibility index (Phi) is 7.87. The van der Waals surface area contributed by atoms with Gasteiger partial charge < -0.3 is 24.4 Å². The average Bonchev–Trinajstić information content (AvgIpc) is 2.78. The highest BCUT2D eigenvalue weighted by Gasteiger charge is 2.32. The number of benzene rings is 2. The summed E-state index contributed by atoms with van der Waals surface area (Å²) >= 11 is 0. The molecule has 2 aromatic carbocycles.